The van der Waals surface area contributed by atoms with Gasteiger partial charge in [-0.2, -0.15) is 0 Å². The van der Waals surface area contributed by atoms with Gasteiger partial charge < -0.3 is 18.8 Å². The van der Waals surface area contributed by atoms with Gasteiger partial charge in [-0.3, -0.25) is 14.4 Å². The smallest absolute Gasteiger partial charge is 0.308 e. The predicted octanol–water partition coefficient (Wildman–Crippen LogP) is 2.24. The van der Waals surface area contributed by atoms with Crippen molar-refractivity contribution in [1.29, 1.82) is 0 Å². The number of esters is 1. The molecule has 142 valence electrons. The number of hydrogen-bond acceptors (Lipinski definition) is 6. The average molecular weight is 371 g/mol. The lowest BCUT2D eigenvalue weighted by molar-refractivity contribution is -0.146. The Kier molecular flexibility index (Phi) is 5.90. The molecule has 0 aliphatic carbocycles. The number of carbonyl (C=O) groups excluding carboxylic acids is 2. The summed E-state index contributed by atoms with van der Waals surface area (Å²) >= 11 is 0. The monoisotopic (exact) mass is 371 g/mol. The molecule has 7 heteroatoms. The molecule has 1 aromatic carbocycles. The standard InChI is InChI=1S/C20H21NO6/c1-25-20(24)15-7-9-21(10-8-15)19(23)17-11-16(22)18(13-27-17)26-12-14-5-3-2-4-6-14/h2-6,11,13,15H,7-10,12H2,1H3. The van der Waals surface area contributed by atoms with E-state index in [-0.39, 0.29) is 35.9 Å². The highest BCUT2D eigenvalue weighted by molar-refractivity contribution is 5.91. The number of amides is 1. The maximum Gasteiger partial charge on any atom is 0.308 e. The molecule has 0 radical (unpaired) electrons. The van der Waals surface area contributed by atoms with Gasteiger partial charge >= 0.3 is 5.97 Å². The molecular weight excluding hydrogens is 350 g/mol. The Labute approximate surface area is 156 Å². The first-order chi connectivity index (χ1) is 13.1. The molecule has 1 fully saturated rings. The number of rotatable bonds is 5. The van der Waals surface area contributed by atoms with Gasteiger partial charge in [0.1, 0.15) is 12.9 Å². The van der Waals surface area contributed by atoms with Crippen LogP contribution in [0.4, 0.5) is 0 Å². The molecule has 1 aliphatic heterocycles. The first-order valence-corrected chi connectivity index (χ1v) is 8.75. The lowest BCUT2D eigenvalue weighted by atomic mass is 9.97. The van der Waals surface area contributed by atoms with Crippen molar-refractivity contribution >= 4 is 11.9 Å². The fraction of sp³-hybridized carbons (Fsp3) is 0.350. The highest BCUT2D eigenvalue weighted by Crippen LogP contribution is 2.20. The molecule has 7 nitrogen and oxygen atoms in total. The number of methoxy groups -OCH3 is 1. The zero-order chi connectivity index (χ0) is 19.2. The van der Waals surface area contributed by atoms with Crippen molar-refractivity contribution in [1.82, 2.24) is 4.90 Å². The van der Waals surface area contributed by atoms with Crippen LogP contribution in [0.2, 0.25) is 0 Å². The Morgan fingerprint density at radius 1 is 1.19 bits per heavy atom. The molecule has 1 amide bonds. The van der Waals surface area contributed by atoms with Crippen molar-refractivity contribution in [3.8, 4) is 5.75 Å². The Balaban J connectivity index is 1.61. The highest BCUT2D eigenvalue weighted by Gasteiger charge is 2.29. The van der Waals surface area contributed by atoms with Gasteiger partial charge in [0.25, 0.3) is 5.91 Å². The lowest BCUT2D eigenvalue weighted by Gasteiger charge is -2.30. The fourth-order valence-corrected chi connectivity index (χ4v) is 2.99. The number of benzene rings is 1. The lowest BCUT2D eigenvalue weighted by Crippen LogP contribution is -2.40. The summed E-state index contributed by atoms with van der Waals surface area (Å²) in [5.41, 5.74) is 0.510. The summed E-state index contributed by atoms with van der Waals surface area (Å²) in [5.74, 6) is -0.804. The van der Waals surface area contributed by atoms with E-state index in [1.54, 1.807) is 4.90 Å². The van der Waals surface area contributed by atoms with E-state index in [0.717, 1.165) is 11.6 Å². The minimum Gasteiger partial charge on any atom is -0.482 e. The summed E-state index contributed by atoms with van der Waals surface area (Å²) in [5, 5.41) is 0. The van der Waals surface area contributed by atoms with Crippen LogP contribution in [0.5, 0.6) is 5.75 Å². The number of carbonyl (C=O) groups is 2. The molecular formula is C20H21NO6. The summed E-state index contributed by atoms with van der Waals surface area (Å²) in [4.78, 5) is 37.9. The predicted molar refractivity (Wildman–Crippen MR) is 96.4 cm³/mol. The first-order valence-electron chi connectivity index (χ1n) is 8.75. The number of ether oxygens (including phenoxy) is 2. The van der Waals surface area contributed by atoms with Crippen molar-refractivity contribution in [3.05, 3.63) is 64.2 Å². The molecule has 1 aliphatic rings. The van der Waals surface area contributed by atoms with Gasteiger partial charge in [0, 0.05) is 19.2 Å². The molecule has 0 bridgehead atoms. The second-order valence-electron chi connectivity index (χ2n) is 6.34. The van der Waals surface area contributed by atoms with Crippen LogP contribution in [0.3, 0.4) is 0 Å². The van der Waals surface area contributed by atoms with Crippen molar-refractivity contribution in [3.63, 3.8) is 0 Å². The number of likely N-dealkylation sites (tertiary alicyclic amines) is 1. The van der Waals surface area contributed by atoms with E-state index in [1.165, 1.54) is 13.4 Å². The van der Waals surface area contributed by atoms with Gasteiger partial charge in [0.2, 0.25) is 11.2 Å². The third-order valence-corrected chi connectivity index (χ3v) is 4.56. The third-order valence-electron chi connectivity index (χ3n) is 4.56. The van der Waals surface area contributed by atoms with Crippen LogP contribution < -0.4 is 10.2 Å². The van der Waals surface area contributed by atoms with Gasteiger partial charge in [-0.05, 0) is 18.4 Å². The van der Waals surface area contributed by atoms with Crippen molar-refractivity contribution < 1.29 is 23.5 Å². The minimum atomic E-state index is -0.412. The fourth-order valence-electron chi connectivity index (χ4n) is 2.99. The van der Waals surface area contributed by atoms with E-state index >= 15 is 0 Å². The second kappa shape index (κ2) is 8.53. The Morgan fingerprint density at radius 2 is 1.89 bits per heavy atom. The maximum absolute atomic E-state index is 12.5. The molecule has 2 heterocycles. The normalized spacial score (nSPS) is 14.6. The van der Waals surface area contributed by atoms with Gasteiger partial charge in [-0.15, -0.1) is 0 Å². The SMILES string of the molecule is COC(=O)C1CCN(C(=O)c2cc(=O)c(OCc3ccccc3)co2)CC1. The van der Waals surface area contributed by atoms with Crippen molar-refractivity contribution in [2.75, 3.05) is 20.2 Å². The van der Waals surface area contributed by atoms with Gasteiger partial charge in [0.05, 0.1) is 13.0 Å². The van der Waals surface area contributed by atoms with Crippen LogP contribution in [0.1, 0.15) is 29.0 Å². The second-order valence-corrected chi connectivity index (χ2v) is 6.34. The zero-order valence-electron chi connectivity index (χ0n) is 15.1. The van der Waals surface area contributed by atoms with E-state index in [4.69, 9.17) is 13.9 Å². The largest absolute Gasteiger partial charge is 0.482 e. The van der Waals surface area contributed by atoms with Crippen LogP contribution in [0, 0.1) is 5.92 Å². The van der Waals surface area contributed by atoms with Crippen LogP contribution >= 0.6 is 0 Å². The molecule has 0 N–H and O–H groups in total. The number of piperidine rings is 1. The van der Waals surface area contributed by atoms with Gasteiger partial charge in [0.15, 0.2) is 5.76 Å². The zero-order valence-corrected chi connectivity index (χ0v) is 15.1. The quantitative estimate of drug-likeness (QED) is 0.750. The molecule has 0 saturated carbocycles. The van der Waals surface area contributed by atoms with Crippen molar-refractivity contribution in [2.45, 2.75) is 19.4 Å². The van der Waals surface area contributed by atoms with Crippen LogP contribution in [-0.4, -0.2) is 37.0 Å². The molecule has 2 aromatic rings. The summed E-state index contributed by atoms with van der Waals surface area (Å²) in [7, 11) is 1.36. The molecule has 1 saturated heterocycles. The highest BCUT2D eigenvalue weighted by atomic mass is 16.5. The minimum absolute atomic E-state index is 0.0384. The van der Waals surface area contributed by atoms with Crippen LogP contribution in [0.25, 0.3) is 0 Å². The van der Waals surface area contributed by atoms with Crippen LogP contribution in [-0.2, 0) is 16.1 Å². The molecule has 27 heavy (non-hydrogen) atoms. The summed E-state index contributed by atoms with van der Waals surface area (Å²) < 4.78 is 15.5. The first kappa shape index (κ1) is 18.7. The van der Waals surface area contributed by atoms with E-state index < -0.39 is 5.43 Å². The molecule has 0 spiro atoms. The maximum atomic E-state index is 12.5. The summed E-state index contributed by atoms with van der Waals surface area (Å²) in [6.07, 6.45) is 2.22. The molecule has 0 unspecified atom stereocenters. The Morgan fingerprint density at radius 3 is 2.52 bits per heavy atom. The number of hydrogen-bond donors (Lipinski definition) is 0. The molecule has 3 rings (SSSR count). The number of nitrogens with zero attached hydrogens (tertiary/aromatic N) is 1. The van der Waals surface area contributed by atoms with Gasteiger partial charge in [-0.1, -0.05) is 30.3 Å². The van der Waals surface area contributed by atoms with Crippen LogP contribution in [0.15, 0.2) is 51.9 Å². The average Bonchev–Trinajstić information content (AvgIpc) is 2.72. The van der Waals surface area contributed by atoms with E-state index in [1.807, 2.05) is 30.3 Å². The van der Waals surface area contributed by atoms with Crippen molar-refractivity contribution in [2.24, 2.45) is 5.92 Å². The van der Waals surface area contributed by atoms with Gasteiger partial charge in [-0.25, -0.2) is 0 Å². The van der Waals surface area contributed by atoms with E-state index in [9.17, 15) is 14.4 Å². The molecule has 1 aromatic heterocycles. The Bertz CT molecular complexity index is 852. The van der Waals surface area contributed by atoms with E-state index in [0.29, 0.717) is 25.9 Å². The third kappa shape index (κ3) is 4.55. The van der Waals surface area contributed by atoms with E-state index in [2.05, 4.69) is 0 Å². The summed E-state index contributed by atoms with van der Waals surface area (Å²) in [6.45, 7) is 1.06. The topological polar surface area (TPSA) is 86.0 Å². The summed E-state index contributed by atoms with van der Waals surface area (Å²) in [6, 6.07) is 10.6. The molecule has 0 atom stereocenters. The Hall–Kier alpha value is -3.09.